The van der Waals surface area contributed by atoms with Gasteiger partial charge in [0.2, 0.25) is 11.8 Å². The topological polar surface area (TPSA) is 149 Å². The average Bonchev–Trinajstić information content (AvgIpc) is 3.76. The fourth-order valence-corrected chi connectivity index (χ4v) is 6.72. The lowest BCUT2D eigenvalue weighted by atomic mass is 10.0. The molecular formula is C29H29FN5O7S+. The van der Waals surface area contributed by atoms with E-state index < -0.39 is 41.3 Å². The number of hydrogen-bond donors (Lipinski definition) is 3. The number of benzene rings is 1. The number of amides is 4. The van der Waals surface area contributed by atoms with Crippen LogP contribution in [-0.4, -0.2) is 76.2 Å². The minimum absolute atomic E-state index is 0.0509. The first-order chi connectivity index (χ1) is 20.6. The van der Waals surface area contributed by atoms with Crippen molar-refractivity contribution in [1.29, 1.82) is 0 Å². The van der Waals surface area contributed by atoms with Crippen LogP contribution in [0.4, 0.5) is 14.9 Å². The highest BCUT2D eigenvalue weighted by molar-refractivity contribution is 8.00. The Balaban J connectivity index is 1.13. The molecule has 0 radical (unpaired) electrons. The number of hydrogen-bond acceptors (Lipinski definition) is 7. The molecule has 3 fully saturated rings. The Bertz CT molecular complexity index is 1560. The van der Waals surface area contributed by atoms with Crippen LogP contribution in [0, 0.1) is 11.7 Å². The van der Waals surface area contributed by atoms with E-state index in [0.717, 1.165) is 12.8 Å². The predicted molar refractivity (Wildman–Crippen MR) is 151 cm³/mol. The number of rotatable bonds is 9. The Labute approximate surface area is 249 Å². The van der Waals surface area contributed by atoms with Gasteiger partial charge in [-0.2, -0.15) is 0 Å². The highest BCUT2D eigenvalue weighted by Gasteiger charge is 2.55. The van der Waals surface area contributed by atoms with Gasteiger partial charge in [-0.15, -0.1) is 11.8 Å². The number of cyclic esters (lactones) is 1. The summed E-state index contributed by atoms with van der Waals surface area (Å²) in [5.41, 5.74) is 1.70. The van der Waals surface area contributed by atoms with Gasteiger partial charge in [-0.1, -0.05) is 0 Å². The molecule has 1 unspecified atom stereocenters. The van der Waals surface area contributed by atoms with Gasteiger partial charge in [0.25, 0.3) is 5.91 Å². The van der Waals surface area contributed by atoms with Crippen LogP contribution in [0.15, 0.2) is 54.0 Å². The van der Waals surface area contributed by atoms with Crippen molar-refractivity contribution in [3.8, 4) is 11.1 Å². The summed E-state index contributed by atoms with van der Waals surface area (Å²) in [6.07, 6.45) is 3.86. The molecule has 2 saturated heterocycles. The van der Waals surface area contributed by atoms with E-state index in [-0.39, 0.29) is 43.1 Å². The fourth-order valence-electron chi connectivity index (χ4n) is 5.39. The van der Waals surface area contributed by atoms with Crippen LogP contribution in [0.1, 0.15) is 19.8 Å². The van der Waals surface area contributed by atoms with E-state index in [2.05, 4.69) is 10.6 Å². The number of halogens is 1. The molecule has 3 aliphatic heterocycles. The lowest BCUT2D eigenvalue weighted by molar-refractivity contribution is -0.689. The summed E-state index contributed by atoms with van der Waals surface area (Å²) in [6.45, 7) is 1.92. The number of carbonyl (C=O) groups excluding carboxylic acids is 4. The molecule has 0 spiro atoms. The van der Waals surface area contributed by atoms with E-state index in [1.54, 1.807) is 41.2 Å². The van der Waals surface area contributed by atoms with Crippen LogP contribution >= 0.6 is 11.8 Å². The number of fused-ring (bicyclic) bond motifs is 1. The van der Waals surface area contributed by atoms with Crippen LogP contribution in [0.25, 0.3) is 11.1 Å². The minimum Gasteiger partial charge on any atom is -0.477 e. The van der Waals surface area contributed by atoms with E-state index in [9.17, 15) is 29.1 Å². The number of nitrogens with one attached hydrogen (secondary N) is 2. The molecule has 14 heteroatoms. The number of carboxylic acids is 1. The maximum Gasteiger partial charge on any atom is 0.414 e. The Kier molecular flexibility index (Phi) is 7.54. The van der Waals surface area contributed by atoms with Crippen LogP contribution in [-0.2, 0) is 30.5 Å². The summed E-state index contributed by atoms with van der Waals surface area (Å²) in [5, 5.41) is 14.9. The van der Waals surface area contributed by atoms with Gasteiger partial charge in [-0.05, 0) is 36.6 Å². The van der Waals surface area contributed by atoms with Crippen molar-refractivity contribution in [3.05, 3.63) is 59.8 Å². The number of aromatic nitrogens is 1. The molecule has 4 aliphatic rings. The second kappa shape index (κ2) is 11.3. The molecule has 12 nitrogen and oxygen atoms in total. The van der Waals surface area contributed by atoms with Gasteiger partial charge in [0.15, 0.2) is 18.9 Å². The number of anilines is 1. The van der Waals surface area contributed by atoms with Crippen molar-refractivity contribution in [1.82, 2.24) is 15.5 Å². The summed E-state index contributed by atoms with van der Waals surface area (Å²) < 4.78 is 22.2. The molecule has 0 bridgehead atoms. The Morgan fingerprint density at radius 1 is 1.16 bits per heavy atom. The van der Waals surface area contributed by atoms with Gasteiger partial charge in [0.05, 0.1) is 18.8 Å². The molecule has 43 heavy (non-hydrogen) atoms. The Morgan fingerprint density at radius 3 is 2.56 bits per heavy atom. The normalized spacial score (nSPS) is 23.0. The first kappa shape index (κ1) is 28.6. The zero-order chi connectivity index (χ0) is 30.4. The third-order valence-corrected chi connectivity index (χ3v) is 9.13. The number of pyridine rings is 1. The van der Waals surface area contributed by atoms with E-state index in [4.69, 9.17) is 4.74 Å². The number of carbonyl (C=O) groups is 5. The second-order valence-electron chi connectivity index (χ2n) is 10.9. The quantitative estimate of drug-likeness (QED) is 0.285. The second-order valence-corrected chi connectivity index (χ2v) is 12.0. The number of ether oxygens (including phenoxy) is 1. The minimum atomic E-state index is -1.21. The number of aliphatic carboxylic acids is 1. The molecule has 3 N–H and O–H groups in total. The van der Waals surface area contributed by atoms with Crippen molar-refractivity contribution in [2.24, 2.45) is 5.92 Å². The highest BCUT2D eigenvalue weighted by atomic mass is 32.2. The number of nitrogens with zero attached hydrogens (tertiary/aromatic N) is 3. The molecule has 6 rings (SSSR count). The van der Waals surface area contributed by atoms with Crippen molar-refractivity contribution >= 4 is 47.2 Å². The molecule has 1 aromatic carbocycles. The average molecular weight is 611 g/mol. The molecule has 224 valence electrons. The zero-order valence-electron chi connectivity index (χ0n) is 23.1. The smallest absolute Gasteiger partial charge is 0.414 e. The van der Waals surface area contributed by atoms with Gasteiger partial charge in [0, 0.05) is 41.9 Å². The van der Waals surface area contributed by atoms with Gasteiger partial charge < -0.3 is 20.5 Å². The molecule has 3 atom stereocenters. The summed E-state index contributed by atoms with van der Waals surface area (Å²) in [6, 6.07) is 7.11. The molecule has 1 aromatic heterocycles. The monoisotopic (exact) mass is 610 g/mol. The highest BCUT2D eigenvalue weighted by Crippen LogP contribution is 2.41. The van der Waals surface area contributed by atoms with Gasteiger partial charge >= 0.3 is 12.1 Å². The van der Waals surface area contributed by atoms with Crippen molar-refractivity contribution in [2.75, 3.05) is 23.7 Å². The fraction of sp³-hybridized carbons (Fsp3) is 0.379. The SMILES string of the molecule is CC(=O)NC[C@H]1CN(c2ccc(-c3cc[n+](CC4=C(C(=O)O)N5C(=O)[C@@H](NC(=O)C6CC6)C5SC4)cc3)c(F)c2)C(=O)O1. The van der Waals surface area contributed by atoms with E-state index in [1.165, 1.54) is 34.6 Å². The third kappa shape index (κ3) is 5.66. The number of β-lactam (4-membered cyclic amide) rings is 1. The summed E-state index contributed by atoms with van der Waals surface area (Å²) in [5.74, 6) is -2.24. The van der Waals surface area contributed by atoms with Crippen molar-refractivity contribution in [3.63, 3.8) is 0 Å². The summed E-state index contributed by atoms with van der Waals surface area (Å²) in [4.78, 5) is 63.2. The standard InChI is InChI=1S/C29H28FN5O7S/c1-15(36)31-11-20-13-34(29(41)42-20)19-4-5-21(22(30)10-19)16-6-8-33(9-7-16)12-18-14-43-27-23(32-25(37)17-2-3-17)26(38)35(27)24(18)28(39)40/h4-10,17,20,23,27H,2-3,11-14H2,1H3,(H2-,31,32,36,37,39,40)/p+1/t20-,23+,27?/m0/s1. The summed E-state index contributed by atoms with van der Waals surface area (Å²) >= 11 is 1.42. The third-order valence-electron chi connectivity index (χ3n) is 7.79. The molecule has 1 aliphatic carbocycles. The van der Waals surface area contributed by atoms with Crippen LogP contribution in [0.3, 0.4) is 0 Å². The number of carboxylic acid groups (broad SMARTS) is 1. The molecule has 4 heterocycles. The largest absolute Gasteiger partial charge is 0.477 e. The van der Waals surface area contributed by atoms with Crippen LogP contribution in [0.2, 0.25) is 0 Å². The molecule has 1 saturated carbocycles. The lowest BCUT2D eigenvalue weighted by Crippen LogP contribution is -2.70. The van der Waals surface area contributed by atoms with Crippen molar-refractivity contribution < 1.29 is 42.8 Å². The van der Waals surface area contributed by atoms with Gasteiger partial charge in [-0.25, -0.2) is 18.5 Å². The van der Waals surface area contributed by atoms with E-state index >= 15 is 4.39 Å². The first-order valence-electron chi connectivity index (χ1n) is 13.8. The van der Waals surface area contributed by atoms with Gasteiger partial charge in [-0.3, -0.25) is 24.2 Å². The molecular weight excluding hydrogens is 581 g/mol. The molecule has 2 aromatic rings. The Morgan fingerprint density at radius 2 is 1.91 bits per heavy atom. The van der Waals surface area contributed by atoms with Crippen LogP contribution in [0.5, 0.6) is 0 Å². The van der Waals surface area contributed by atoms with Crippen LogP contribution < -0.4 is 20.1 Å². The maximum absolute atomic E-state index is 15.2. The molecule has 4 amide bonds. The first-order valence-corrected chi connectivity index (χ1v) is 14.9. The van der Waals surface area contributed by atoms with E-state index in [1.807, 2.05) is 0 Å². The van der Waals surface area contributed by atoms with Gasteiger partial charge in [0.1, 0.15) is 29.0 Å². The maximum atomic E-state index is 15.2. The van der Waals surface area contributed by atoms with Crippen molar-refractivity contribution in [2.45, 2.75) is 43.8 Å². The number of thioether (sulfide) groups is 1. The summed E-state index contributed by atoms with van der Waals surface area (Å²) in [7, 11) is 0. The Hall–Kier alpha value is -4.46. The zero-order valence-corrected chi connectivity index (χ0v) is 23.9. The van der Waals surface area contributed by atoms with E-state index in [0.29, 0.717) is 28.1 Å². The lowest BCUT2D eigenvalue weighted by Gasteiger charge is -2.49. The predicted octanol–water partition coefficient (Wildman–Crippen LogP) is 1.39.